The predicted octanol–water partition coefficient (Wildman–Crippen LogP) is 4.53. The van der Waals surface area contributed by atoms with Crippen LogP contribution in [0, 0.1) is 6.92 Å². The molecule has 0 spiro atoms. The third-order valence-electron chi connectivity index (χ3n) is 4.46. The number of rotatable bonds is 8. The van der Waals surface area contributed by atoms with E-state index in [0.717, 1.165) is 12.0 Å². The standard InChI is InChI=1S/C21H21ClN2O4/c1-14-21(20(23-28-14)16-6-4-5-7-17(16)22)24(13-25)11-10-15-8-9-18(26-2)19(12-15)27-3/h4-9,12-13H,10-11H2,1-3H3. The maximum atomic E-state index is 11.8. The number of aromatic nitrogens is 1. The molecule has 1 amide bonds. The second-order valence-corrected chi connectivity index (χ2v) is 6.56. The van der Waals surface area contributed by atoms with Gasteiger partial charge in [-0.05, 0) is 37.1 Å². The molecule has 0 radical (unpaired) electrons. The lowest BCUT2D eigenvalue weighted by atomic mass is 10.1. The molecule has 0 aliphatic heterocycles. The summed E-state index contributed by atoms with van der Waals surface area (Å²) in [5, 5.41) is 4.67. The van der Waals surface area contributed by atoms with Crippen LogP contribution in [0.25, 0.3) is 11.3 Å². The van der Waals surface area contributed by atoms with E-state index >= 15 is 0 Å². The van der Waals surface area contributed by atoms with Crippen molar-refractivity contribution in [3.63, 3.8) is 0 Å². The Bertz CT molecular complexity index is 971. The molecule has 0 atom stereocenters. The predicted molar refractivity (Wildman–Crippen MR) is 108 cm³/mol. The normalized spacial score (nSPS) is 10.6. The second-order valence-electron chi connectivity index (χ2n) is 6.15. The third-order valence-corrected chi connectivity index (χ3v) is 4.79. The molecule has 0 N–H and O–H groups in total. The highest BCUT2D eigenvalue weighted by atomic mass is 35.5. The topological polar surface area (TPSA) is 64.8 Å². The number of carbonyl (C=O) groups excluding carboxylic acids is 1. The monoisotopic (exact) mass is 400 g/mol. The minimum absolute atomic E-state index is 0.443. The smallest absolute Gasteiger partial charge is 0.214 e. The van der Waals surface area contributed by atoms with E-state index < -0.39 is 0 Å². The molecule has 0 bridgehead atoms. The van der Waals surface area contributed by atoms with Gasteiger partial charge in [0.05, 0.1) is 19.2 Å². The van der Waals surface area contributed by atoms with Gasteiger partial charge in [-0.1, -0.05) is 41.0 Å². The average molecular weight is 401 g/mol. The first-order valence-corrected chi connectivity index (χ1v) is 9.10. The molecule has 6 nitrogen and oxygen atoms in total. The van der Waals surface area contributed by atoms with Crippen LogP contribution in [0.2, 0.25) is 5.02 Å². The average Bonchev–Trinajstić information content (AvgIpc) is 3.10. The number of hydrogen-bond donors (Lipinski definition) is 0. The van der Waals surface area contributed by atoms with Crippen LogP contribution >= 0.6 is 11.6 Å². The molecule has 1 heterocycles. The summed E-state index contributed by atoms with van der Waals surface area (Å²) in [6, 6.07) is 13.0. The van der Waals surface area contributed by atoms with Crippen molar-refractivity contribution in [1.82, 2.24) is 5.16 Å². The number of carbonyl (C=O) groups is 1. The Morgan fingerprint density at radius 2 is 1.89 bits per heavy atom. The van der Waals surface area contributed by atoms with Crippen LogP contribution in [0.1, 0.15) is 11.3 Å². The zero-order chi connectivity index (χ0) is 20.1. The molecule has 0 aliphatic carbocycles. The first kappa shape index (κ1) is 19.8. The molecule has 0 unspecified atom stereocenters. The Balaban J connectivity index is 1.86. The molecule has 0 saturated carbocycles. The minimum atomic E-state index is 0.443. The molecular weight excluding hydrogens is 380 g/mol. The molecule has 3 aromatic rings. The SMILES string of the molecule is COc1ccc(CCN(C=O)c2c(-c3ccccc3Cl)noc2C)cc1OC. The first-order chi connectivity index (χ1) is 13.6. The van der Waals surface area contributed by atoms with Crippen molar-refractivity contribution in [2.24, 2.45) is 0 Å². The lowest BCUT2D eigenvalue weighted by Crippen LogP contribution is -2.24. The summed E-state index contributed by atoms with van der Waals surface area (Å²) in [7, 11) is 3.19. The van der Waals surface area contributed by atoms with Gasteiger partial charge in [-0.15, -0.1) is 0 Å². The van der Waals surface area contributed by atoms with Gasteiger partial charge in [-0.2, -0.15) is 0 Å². The van der Waals surface area contributed by atoms with E-state index in [9.17, 15) is 4.79 Å². The van der Waals surface area contributed by atoms with Crippen molar-refractivity contribution in [1.29, 1.82) is 0 Å². The van der Waals surface area contributed by atoms with Crippen LogP contribution < -0.4 is 14.4 Å². The molecule has 3 rings (SSSR count). The summed E-state index contributed by atoms with van der Waals surface area (Å²) in [5.74, 6) is 1.86. The summed E-state index contributed by atoms with van der Waals surface area (Å²) < 4.78 is 16.0. The Labute approximate surface area is 168 Å². The van der Waals surface area contributed by atoms with E-state index in [4.69, 9.17) is 25.6 Å². The first-order valence-electron chi connectivity index (χ1n) is 8.73. The number of nitrogens with zero attached hydrogens (tertiary/aromatic N) is 2. The molecular formula is C21H21ClN2O4. The van der Waals surface area contributed by atoms with Crippen LogP contribution in [0.3, 0.4) is 0 Å². The zero-order valence-corrected chi connectivity index (χ0v) is 16.7. The number of hydrogen-bond acceptors (Lipinski definition) is 5. The lowest BCUT2D eigenvalue weighted by molar-refractivity contribution is -0.107. The number of amides is 1. The van der Waals surface area contributed by atoms with Crippen molar-refractivity contribution in [2.45, 2.75) is 13.3 Å². The van der Waals surface area contributed by atoms with Crippen molar-refractivity contribution < 1.29 is 18.8 Å². The summed E-state index contributed by atoms with van der Waals surface area (Å²) in [5.41, 5.74) is 2.89. The van der Waals surface area contributed by atoms with Crippen molar-refractivity contribution in [2.75, 3.05) is 25.7 Å². The molecule has 0 aliphatic rings. The van der Waals surface area contributed by atoms with E-state index in [1.165, 1.54) is 0 Å². The molecule has 2 aromatic carbocycles. The second kappa shape index (κ2) is 8.80. The fraction of sp³-hybridized carbons (Fsp3) is 0.238. The van der Waals surface area contributed by atoms with Crippen LogP contribution in [-0.4, -0.2) is 32.3 Å². The highest BCUT2D eigenvalue weighted by Gasteiger charge is 2.22. The van der Waals surface area contributed by atoms with Gasteiger partial charge in [0, 0.05) is 12.1 Å². The highest BCUT2D eigenvalue weighted by molar-refractivity contribution is 6.33. The number of methoxy groups -OCH3 is 2. The fourth-order valence-corrected chi connectivity index (χ4v) is 3.26. The van der Waals surface area contributed by atoms with Gasteiger partial charge in [-0.3, -0.25) is 4.79 Å². The maximum Gasteiger partial charge on any atom is 0.214 e. The number of benzene rings is 2. The third kappa shape index (κ3) is 3.97. The maximum absolute atomic E-state index is 11.8. The summed E-state index contributed by atoms with van der Waals surface area (Å²) >= 11 is 6.31. The van der Waals surface area contributed by atoms with Gasteiger partial charge in [0.25, 0.3) is 0 Å². The van der Waals surface area contributed by atoms with E-state index in [1.807, 2.05) is 36.4 Å². The van der Waals surface area contributed by atoms with Crippen LogP contribution in [0.4, 0.5) is 5.69 Å². The molecule has 28 heavy (non-hydrogen) atoms. The van der Waals surface area contributed by atoms with E-state index in [1.54, 1.807) is 32.1 Å². The molecule has 0 saturated heterocycles. The van der Waals surface area contributed by atoms with Gasteiger partial charge in [0.2, 0.25) is 6.41 Å². The van der Waals surface area contributed by atoms with Crippen molar-refractivity contribution in [3.8, 4) is 22.8 Å². The van der Waals surface area contributed by atoms with Gasteiger partial charge in [0.15, 0.2) is 17.3 Å². The van der Waals surface area contributed by atoms with Crippen molar-refractivity contribution >= 4 is 23.7 Å². The Morgan fingerprint density at radius 1 is 1.14 bits per heavy atom. The van der Waals surface area contributed by atoms with Crippen molar-refractivity contribution in [3.05, 3.63) is 58.8 Å². The number of ether oxygens (including phenoxy) is 2. The number of aryl methyl sites for hydroxylation is 1. The van der Waals surface area contributed by atoms with Gasteiger partial charge >= 0.3 is 0 Å². The van der Waals surface area contributed by atoms with Gasteiger partial charge in [0.1, 0.15) is 11.4 Å². The Kier molecular flexibility index (Phi) is 6.21. The van der Waals surface area contributed by atoms with E-state index in [2.05, 4.69) is 5.16 Å². The minimum Gasteiger partial charge on any atom is -0.493 e. The van der Waals surface area contributed by atoms with Gasteiger partial charge < -0.3 is 18.9 Å². The lowest BCUT2D eigenvalue weighted by Gasteiger charge is -2.18. The quantitative estimate of drug-likeness (QED) is 0.520. The Morgan fingerprint density at radius 3 is 2.57 bits per heavy atom. The van der Waals surface area contributed by atoms with E-state index in [0.29, 0.717) is 52.2 Å². The highest BCUT2D eigenvalue weighted by Crippen LogP contribution is 2.36. The molecule has 1 aromatic heterocycles. The summed E-state index contributed by atoms with van der Waals surface area (Å²) in [6.45, 7) is 2.22. The van der Waals surface area contributed by atoms with Crippen LogP contribution in [-0.2, 0) is 11.2 Å². The zero-order valence-electron chi connectivity index (χ0n) is 15.9. The molecule has 0 fully saturated rings. The number of anilines is 1. The van der Waals surface area contributed by atoms with E-state index in [-0.39, 0.29) is 0 Å². The molecule has 7 heteroatoms. The van der Waals surface area contributed by atoms with Gasteiger partial charge in [-0.25, -0.2) is 0 Å². The fourth-order valence-electron chi connectivity index (χ4n) is 3.04. The van der Waals surface area contributed by atoms with Crippen LogP contribution in [0.5, 0.6) is 11.5 Å². The molecule has 146 valence electrons. The largest absolute Gasteiger partial charge is 0.493 e. The van der Waals surface area contributed by atoms with Crippen LogP contribution in [0.15, 0.2) is 47.0 Å². The summed E-state index contributed by atoms with van der Waals surface area (Å²) in [6.07, 6.45) is 1.40. The number of halogens is 1. The Hall–Kier alpha value is -2.99. The summed E-state index contributed by atoms with van der Waals surface area (Å²) in [4.78, 5) is 13.4.